The molecule has 0 aliphatic rings. The number of benzene rings is 1. The smallest absolute Gasteiger partial charge is 0.242 e. The van der Waals surface area contributed by atoms with Crippen LogP contribution in [0.2, 0.25) is 0 Å². The maximum absolute atomic E-state index is 12.4. The molecule has 1 heterocycles. The van der Waals surface area contributed by atoms with E-state index in [0.717, 1.165) is 22.4 Å². The van der Waals surface area contributed by atoms with Gasteiger partial charge in [0.15, 0.2) is 0 Å². The number of nitrogens with one attached hydrogen (secondary N) is 1. The minimum atomic E-state index is -3.59. The summed E-state index contributed by atoms with van der Waals surface area (Å²) >= 11 is 1.62. The summed E-state index contributed by atoms with van der Waals surface area (Å²) in [5.41, 5.74) is 8.03. The monoisotopic (exact) mass is 324 g/mol. The molecule has 0 saturated carbocycles. The van der Waals surface area contributed by atoms with Crippen LogP contribution in [0.3, 0.4) is 0 Å². The Morgan fingerprint density at radius 2 is 1.76 bits per heavy atom. The second-order valence-electron chi connectivity index (χ2n) is 5.02. The Labute approximate surface area is 130 Å². The Hall–Kier alpha value is -1.37. The summed E-state index contributed by atoms with van der Waals surface area (Å²) in [6, 6.07) is 7.30. The molecule has 0 amide bonds. The molecular formula is C15H20N2O2S2. The molecule has 0 radical (unpaired) electrons. The van der Waals surface area contributed by atoms with Gasteiger partial charge in [-0.05, 0) is 55.7 Å². The number of rotatable bonds is 5. The van der Waals surface area contributed by atoms with Crippen LogP contribution in [0, 0.1) is 13.8 Å². The summed E-state index contributed by atoms with van der Waals surface area (Å²) in [7, 11) is -3.59. The van der Waals surface area contributed by atoms with Crippen LogP contribution < -0.4 is 10.5 Å². The van der Waals surface area contributed by atoms with Gasteiger partial charge in [0.05, 0.1) is 5.69 Å². The van der Waals surface area contributed by atoms with Gasteiger partial charge < -0.3 is 5.73 Å². The van der Waals surface area contributed by atoms with E-state index in [1.807, 2.05) is 26.0 Å². The molecule has 0 spiro atoms. The van der Waals surface area contributed by atoms with Crippen LogP contribution in [-0.2, 0) is 23.0 Å². The van der Waals surface area contributed by atoms with Gasteiger partial charge in [-0.3, -0.25) is 0 Å². The Morgan fingerprint density at radius 3 is 2.38 bits per heavy atom. The van der Waals surface area contributed by atoms with Crippen LogP contribution in [-0.4, -0.2) is 8.42 Å². The minimum Gasteiger partial charge on any atom is -0.398 e. The number of thiophene rings is 1. The van der Waals surface area contributed by atoms with Crippen molar-refractivity contribution in [1.29, 1.82) is 0 Å². The molecule has 0 aliphatic carbocycles. The molecule has 0 saturated heterocycles. The van der Waals surface area contributed by atoms with E-state index in [-0.39, 0.29) is 10.6 Å². The molecule has 0 atom stereocenters. The molecule has 0 fully saturated rings. The van der Waals surface area contributed by atoms with Crippen molar-refractivity contribution < 1.29 is 8.42 Å². The summed E-state index contributed by atoms with van der Waals surface area (Å²) in [6.45, 7) is 6.16. The first-order valence-corrected chi connectivity index (χ1v) is 9.07. The molecule has 3 N–H and O–H groups in total. The number of sulfonamides is 1. The van der Waals surface area contributed by atoms with Crippen LogP contribution >= 0.6 is 11.3 Å². The lowest BCUT2D eigenvalue weighted by atomic mass is 10.1. The molecule has 2 aromatic rings. The van der Waals surface area contributed by atoms with Crippen LogP contribution in [0.1, 0.15) is 27.8 Å². The number of nitrogens with two attached hydrogens (primary N) is 1. The summed E-state index contributed by atoms with van der Waals surface area (Å²) in [5, 5.41) is 0. The molecule has 114 valence electrons. The van der Waals surface area contributed by atoms with Crippen LogP contribution in [0.5, 0.6) is 0 Å². The highest BCUT2D eigenvalue weighted by molar-refractivity contribution is 7.89. The Bertz CT molecular complexity index is 749. The lowest BCUT2D eigenvalue weighted by molar-refractivity contribution is 0.582. The molecule has 4 nitrogen and oxygen atoms in total. The van der Waals surface area contributed by atoms with E-state index in [9.17, 15) is 8.42 Å². The first kappa shape index (κ1) is 16.0. The fourth-order valence-corrected chi connectivity index (χ4v) is 4.19. The normalized spacial score (nSPS) is 11.8. The Morgan fingerprint density at radius 1 is 1.14 bits per heavy atom. The maximum Gasteiger partial charge on any atom is 0.242 e. The van der Waals surface area contributed by atoms with Gasteiger partial charge in [-0.2, -0.15) is 0 Å². The zero-order valence-electron chi connectivity index (χ0n) is 12.4. The van der Waals surface area contributed by atoms with Crippen molar-refractivity contribution >= 4 is 27.0 Å². The maximum atomic E-state index is 12.4. The van der Waals surface area contributed by atoms with Crippen LogP contribution in [0.25, 0.3) is 0 Å². The highest BCUT2D eigenvalue weighted by atomic mass is 32.2. The second-order valence-corrected chi connectivity index (χ2v) is 8.01. The number of hydrogen-bond acceptors (Lipinski definition) is 4. The van der Waals surface area contributed by atoms with Crippen molar-refractivity contribution in [1.82, 2.24) is 4.72 Å². The van der Waals surface area contributed by atoms with Gasteiger partial charge >= 0.3 is 0 Å². The molecule has 0 bridgehead atoms. The average Bonchev–Trinajstić information content (AvgIpc) is 2.88. The Kier molecular flexibility index (Phi) is 4.70. The van der Waals surface area contributed by atoms with E-state index < -0.39 is 10.0 Å². The van der Waals surface area contributed by atoms with E-state index in [1.165, 1.54) is 4.88 Å². The Balaban J connectivity index is 2.20. The van der Waals surface area contributed by atoms with Crippen molar-refractivity contribution in [3.8, 4) is 0 Å². The lowest BCUT2D eigenvalue weighted by Crippen LogP contribution is -2.24. The minimum absolute atomic E-state index is 0.151. The van der Waals surface area contributed by atoms with Crippen LogP contribution in [0.15, 0.2) is 29.2 Å². The number of anilines is 1. The molecule has 1 aromatic heterocycles. The quantitative estimate of drug-likeness (QED) is 0.831. The second kappa shape index (κ2) is 6.17. The van der Waals surface area contributed by atoms with Gasteiger partial charge in [0.25, 0.3) is 0 Å². The standard InChI is InChI=1S/C15H20N2O2S2/c1-4-12-5-6-13(20-12)9-17-21(18,19)15-8-11(3)10(2)7-14(15)16/h5-8,17H,4,9,16H2,1-3H3. The van der Waals surface area contributed by atoms with Crippen molar-refractivity contribution in [2.75, 3.05) is 5.73 Å². The van der Waals surface area contributed by atoms with Gasteiger partial charge in [-0.15, -0.1) is 11.3 Å². The van der Waals surface area contributed by atoms with E-state index in [4.69, 9.17) is 5.73 Å². The third-order valence-corrected chi connectivity index (χ3v) is 6.10. The zero-order chi connectivity index (χ0) is 15.6. The first-order chi connectivity index (χ1) is 9.83. The summed E-state index contributed by atoms with van der Waals surface area (Å²) in [4.78, 5) is 2.39. The van der Waals surface area contributed by atoms with E-state index in [1.54, 1.807) is 23.5 Å². The lowest BCUT2D eigenvalue weighted by Gasteiger charge is -2.11. The van der Waals surface area contributed by atoms with Crippen molar-refractivity contribution in [2.45, 2.75) is 38.6 Å². The van der Waals surface area contributed by atoms with E-state index in [2.05, 4.69) is 11.6 Å². The van der Waals surface area contributed by atoms with Gasteiger partial charge in [0.2, 0.25) is 10.0 Å². The van der Waals surface area contributed by atoms with Gasteiger partial charge in [-0.25, -0.2) is 13.1 Å². The predicted octanol–water partition coefficient (Wildman–Crippen LogP) is 2.99. The summed E-state index contributed by atoms with van der Waals surface area (Å²) in [6.07, 6.45) is 0.960. The van der Waals surface area contributed by atoms with E-state index in [0.29, 0.717) is 6.54 Å². The topological polar surface area (TPSA) is 72.2 Å². The van der Waals surface area contributed by atoms with Gasteiger partial charge in [0.1, 0.15) is 4.90 Å². The third kappa shape index (κ3) is 3.64. The van der Waals surface area contributed by atoms with Gasteiger partial charge in [0, 0.05) is 16.3 Å². The molecule has 6 heteroatoms. The van der Waals surface area contributed by atoms with Crippen molar-refractivity contribution in [3.05, 3.63) is 45.1 Å². The highest BCUT2D eigenvalue weighted by Crippen LogP contribution is 2.23. The summed E-state index contributed by atoms with van der Waals surface area (Å²) in [5.74, 6) is 0. The molecular weight excluding hydrogens is 304 g/mol. The number of nitrogen functional groups attached to an aromatic ring is 1. The molecule has 0 aliphatic heterocycles. The largest absolute Gasteiger partial charge is 0.398 e. The fraction of sp³-hybridized carbons (Fsp3) is 0.333. The molecule has 2 rings (SSSR count). The van der Waals surface area contributed by atoms with Crippen molar-refractivity contribution in [2.24, 2.45) is 0 Å². The molecule has 1 aromatic carbocycles. The average molecular weight is 324 g/mol. The van der Waals surface area contributed by atoms with Gasteiger partial charge in [-0.1, -0.05) is 6.92 Å². The van der Waals surface area contributed by atoms with Crippen molar-refractivity contribution in [3.63, 3.8) is 0 Å². The first-order valence-electron chi connectivity index (χ1n) is 6.77. The molecule has 21 heavy (non-hydrogen) atoms. The number of aryl methyl sites for hydroxylation is 3. The molecule has 0 unspecified atom stereocenters. The summed E-state index contributed by atoms with van der Waals surface area (Å²) < 4.78 is 27.4. The van der Waals surface area contributed by atoms with E-state index >= 15 is 0 Å². The third-order valence-electron chi connectivity index (χ3n) is 3.42. The fourth-order valence-electron chi connectivity index (χ4n) is 2.00. The van der Waals surface area contributed by atoms with Crippen LogP contribution in [0.4, 0.5) is 5.69 Å². The predicted molar refractivity (Wildman–Crippen MR) is 88.1 cm³/mol. The number of hydrogen-bond donors (Lipinski definition) is 2. The highest BCUT2D eigenvalue weighted by Gasteiger charge is 2.18. The zero-order valence-corrected chi connectivity index (χ0v) is 14.1. The SMILES string of the molecule is CCc1ccc(CNS(=O)(=O)c2cc(C)c(C)cc2N)s1.